The first-order chi connectivity index (χ1) is 12.4. The molecule has 0 spiro atoms. The maximum atomic E-state index is 12.9. The second-order valence-electron chi connectivity index (χ2n) is 8.62. The molecule has 140 valence electrons. The van der Waals surface area contributed by atoms with Crippen molar-refractivity contribution in [3.8, 4) is 5.75 Å². The van der Waals surface area contributed by atoms with Gasteiger partial charge in [-0.15, -0.1) is 0 Å². The van der Waals surface area contributed by atoms with Crippen molar-refractivity contribution in [2.75, 3.05) is 7.11 Å². The van der Waals surface area contributed by atoms with Gasteiger partial charge in [0.15, 0.2) is 0 Å². The third-order valence-corrected chi connectivity index (χ3v) is 6.99. The molecule has 4 saturated carbocycles. The lowest BCUT2D eigenvalue weighted by atomic mass is 9.48. The average molecular weight is 358 g/mol. The predicted octanol–water partition coefficient (Wildman–Crippen LogP) is 3.94. The highest BCUT2D eigenvalue weighted by Gasteiger charge is 2.53. The number of carbonyl (C=O) groups is 1. The molecule has 4 bridgehead atoms. The van der Waals surface area contributed by atoms with Gasteiger partial charge in [-0.05, 0) is 74.7 Å². The molecule has 26 heavy (non-hydrogen) atoms. The Morgan fingerprint density at radius 2 is 1.81 bits per heavy atom. The molecule has 1 atom stereocenters. The van der Waals surface area contributed by atoms with E-state index in [1.165, 1.54) is 63.8 Å². The van der Waals surface area contributed by atoms with Gasteiger partial charge in [-0.2, -0.15) is 0 Å². The highest BCUT2D eigenvalue weighted by molar-refractivity contribution is 5.97. The number of nitro benzene ring substituents is 1. The van der Waals surface area contributed by atoms with Crippen LogP contribution in [0.4, 0.5) is 5.69 Å². The van der Waals surface area contributed by atoms with E-state index in [2.05, 4.69) is 12.2 Å². The van der Waals surface area contributed by atoms with E-state index < -0.39 is 4.92 Å². The molecule has 0 unspecified atom stereocenters. The first-order valence-electron chi connectivity index (χ1n) is 9.53. The summed E-state index contributed by atoms with van der Waals surface area (Å²) in [5.74, 6) is 2.52. The summed E-state index contributed by atoms with van der Waals surface area (Å²) in [6.45, 7) is 2.11. The van der Waals surface area contributed by atoms with Crippen LogP contribution >= 0.6 is 0 Å². The van der Waals surface area contributed by atoms with Gasteiger partial charge in [-0.25, -0.2) is 0 Å². The number of ether oxygens (including phenoxy) is 1. The van der Waals surface area contributed by atoms with Crippen molar-refractivity contribution in [2.24, 2.45) is 23.2 Å². The largest absolute Gasteiger partial charge is 0.496 e. The van der Waals surface area contributed by atoms with E-state index in [-0.39, 0.29) is 28.6 Å². The lowest BCUT2D eigenvalue weighted by Crippen LogP contribution is -2.55. The Kier molecular flexibility index (Phi) is 4.16. The van der Waals surface area contributed by atoms with Gasteiger partial charge in [0.1, 0.15) is 5.75 Å². The van der Waals surface area contributed by atoms with Gasteiger partial charge in [0.25, 0.3) is 11.6 Å². The highest BCUT2D eigenvalue weighted by Crippen LogP contribution is 2.61. The van der Waals surface area contributed by atoms with Crippen LogP contribution in [0.3, 0.4) is 0 Å². The van der Waals surface area contributed by atoms with Crippen LogP contribution in [-0.2, 0) is 0 Å². The van der Waals surface area contributed by atoms with Crippen molar-refractivity contribution < 1.29 is 14.5 Å². The highest BCUT2D eigenvalue weighted by atomic mass is 16.6. The smallest absolute Gasteiger partial charge is 0.270 e. The molecule has 1 amide bonds. The van der Waals surface area contributed by atoms with Crippen LogP contribution in [0.25, 0.3) is 0 Å². The second-order valence-corrected chi connectivity index (χ2v) is 8.62. The zero-order valence-corrected chi connectivity index (χ0v) is 15.4. The molecule has 4 aliphatic rings. The maximum absolute atomic E-state index is 12.9. The SMILES string of the molecule is COc1ccc([N+](=O)[O-])cc1C(=O)N[C@H](C)C12CC3CC(CC(C3)C1)C2. The molecule has 6 nitrogen and oxygen atoms in total. The fraction of sp³-hybridized carbons (Fsp3) is 0.650. The number of non-ortho nitro benzene ring substituents is 1. The number of nitrogens with one attached hydrogen (secondary N) is 1. The molecular weight excluding hydrogens is 332 g/mol. The molecule has 0 aromatic heterocycles. The minimum Gasteiger partial charge on any atom is -0.496 e. The number of hydrogen-bond donors (Lipinski definition) is 1. The summed E-state index contributed by atoms with van der Waals surface area (Å²) in [5.41, 5.74) is 0.329. The van der Waals surface area contributed by atoms with Crippen LogP contribution in [0, 0.1) is 33.3 Å². The van der Waals surface area contributed by atoms with Gasteiger partial charge in [0, 0.05) is 18.2 Å². The molecule has 0 aliphatic heterocycles. The summed E-state index contributed by atoms with van der Waals surface area (Å²) in [6, 6.07) is 4.22. The van der Waals surface area contributed by atoms with Crippen molar-refractivity contribution in [1.82, 2.24) is 5.32 Å². The number of hydrogen-bond acceptors (Lipinski definition) is 4. The predicted molar refractivity (Wildman–Crippen MR) is 97.2 cm³/mol. The van der Waals surface area contributed by atoms with Crippen LogP contribution in [0.1, 0.15) is 55.8 Å². The van der Waals surface area contributed by atoms with Gasteiger partial charge >= 0.3 is 0 Å². The summed E-state index contributed by atoms with van der Waals surface area (Å²) in [4.78, 5) is 23.5. The number of amides is 1. The van der Waals surface area contributed by atoms with Crippen molar-refractivity contribution in [3.63, 3.8) is 0 Å². The van der Waals surface area contributed by atoms with E-state index >= 15 is 0 Å². The summed E-state index contributed by atoms with van der Waals surface area (Å²) in [7, 11) is 1.47. The van der Waals surface area contributed by atoms with Gasteiger partial charge in [0.2, 0.25) is 0 Å². The first-order valence-corrected chi connectivity index (χ1v) is 9.53. The molecular formula is C20H26N2O4. The van der Waals surface area contributed by atoms with Crippen LogP contribution < -0.4 is 10.1 Å². The molecule has 4 aliphatic carbocycles. The summed E-state index contributed by atoms with van der Waals surface area (Å²) in [6.07, 6.45) is 7.68. The standard InChI is InChI=1S/C20H26N2O4/c1-12(20-9-13-5-14(10-20)7-15(6-13)11-20)21-19(23)17-8-16(22(24)25)3-4-18(17)26-2/h3-4,8,12-15H,5-7,9-11H2,1-2H3,(H,21,23)/t12-,13?,14?,15?,20?/m1/s1. The minimum atomic E-state index is -0.487. The van der Waals surface area contributed by atoms with Gasteiger partial charge in [-0.3, -0.25) is 14.9 Å². The molecule has 0 saturated heterocycles. The van der Waals surface area contributed by atoms with Gasteiger partial charge < -0.3 is 10.1 Å². The Morgan fingerprint density at radius 3 is 2.31 bits per heavy atom. The molecule has 1 aromatic rings. The van der Waals surface area contributed by atoms with E-state index in [0.29, 0.717) is 5.75 Å². The van der Waals surface area contributed by atoms with Crippen LogP contribution in [0.15, 0.2) is 18.2 Å². The Hall–Kier alpha value is -2.11. The third kappa shape index (κ3) is 2.85. The number of benzene rings is 1. The fourth-order valence-corrected chi connectivity index (χ4v) is 6.12. The molecule has 0 heterocycles. The van der Waals surface area contributed by atoms with Crippen molar-refractivity contribution in [1.29, 1.82) is 0 Å². The molecule has 1 aromatic carbocycles. The Labute approximate surface area is 153 Å². The maximum Gasteiger partial charge on any atom is 0.270 e. The number of carbonyl (C=O) groups excluding carboxylic acids is 1. The molecule has 1 N–H and O–H groups in total. The lowest BCUT2D eigenvalue weighted by molar-refractivity contribution is -0.384. The van der Waals surface area contributed by atoms with Crippen LogP contribution in [-0.4, -0.2) is 24.0 Å². The Bertz CT molecular complexity index is 710. The van der Waals surface area contributed by atoms with E-state index in [4.69, 9.17) is 4.74 Å². The van der Waals surface area contributed by atoms with Crippen LogP contribution in [0.5, 0.6) is 5.75 Å². The average Bonchev–Trinajstić information content (AvgIpc) is 2.59. The Morgan fingerprint density at radius 1 is 1.23 bits per heavy atom. The van der Waals surface area contributed by atoms with Crippen molar-refractivity contribution in [2.45, 2.75) is 51.5 Å². The van der Waals surface area contributed by atoms with Gasteiger partial charge in [-0.1, -0.05) is 0 Å². The molecule has 0 radical (unpaired) electrons. The second kappa shape index (κ2) is 6.25. The molecule has 6 heteroatoms. The van der Waals surface area contributed by atoms with E-state index in [1.54, 1.807) is 0 Å². The van der Waals surface area contributed by atoms with Crippen molar-refractivity contribution >= 4 is 11.6 Å². The number of nitrogens with zero attached hydrogens (tertiary/aromatic N) is 1. The number of methoxy groups -OCH3 is 1. The van der Waals surface area contributed by atoms with E-state index in [0.717, 1.165) is 17.8 Å². The van der Waals surface area contributed by atoms with Gasteiger partial charge in [0.05, 0.1) is 17.6 Å². The first kappa shape index (κ1) is 17.3. The fourth-order valence-electron chi connectivity index (χ4n) is 6.12. The lowest BCUT2D eigenvalue weighted by Gasteiger charge is -2.59. The number of rotatable bonds is 5. The van der Waals surface area contributed by atoms with E-state index in [9.17, 15) is 14.9 Å². The molecule has 5 rings (SSSR count). The summed E-state index contributed by atoms with van der Waals surface area (Å²) in [5, 5.41) is 14.2. The van der Waals surface area contributed by atoms with Crippen molar-refractivity contribution in [3.05, 3.63) is 33.9 Å². The third-order valence-electron chi connectivity index (χ3n) is 6.99. The summed E-state index contributed by atoms with van der Waals surface area (Å²) < 4.78 is 5.25. The van der Waals surface area contributed by atoms with Crippen LogP contribution in [0.2, 0.25) is 0 Å². The number of nitro groups is 1. The topological polar surface area (TPSA) is 81.5 Å². The quantitative estimate of drug-likeness (QED) is 0.638. The molecule has 4 fully saturated rings. The zero-order chi connectivity index (χ0) is 18.5. The minimum absolute atomic E-state index is 0.0624. The summed E-state index contributed by atoms with van der Waals surface area (Å²) >= 11 is 0. The van der Waals surface area contributed by atoms with E-state index in [1.807, 2.05) is 0 Å². The zero-order valence-electron chi connectivity index (χ0n) is 15.4. The monoisotopic (exact) mass is 358 g/mol. The normalized spacial score (nSPS) is 32.9. The Balaban J connectivity index is 1.55.